The highest BCUT2D eigenvalue weighted by atomic mass is 32.1. The van der Waals surface area contributed by atoms with E-state index in [9.17, 15) is 0 Å². The van der Waals surface area contributed by atoms with Crippen LogP contribution in [0.5, 0.6) is 0 Å². The van der Waals surface area contributed by atoms with E-state index in [0.717, 1.165) is 29.5 Å². The Morgan fingerprint density at radius 2 is 2.40 bits per heavy atom. The second kappa shape index (κ2) is 4.84. The maximum atomic E-state index is 4.38. The molecule has 78 valence electrons. The van der Waals surface area contributed by atoms with Gasteiger partial charge in [0.25, 0.3) is 0 Å². The molecule has 1 N–H and O–H groups in total. The molecular weight excluding hydrogens is 208 g/mol. The van der Waals surface area contributed by atoms with Crippen molar-refractivity contribution in [3.8, 4) is 0 Å². The van der Waals surface area contributed by atoms with Gasteiger partial charge in [0.2, 0.25) is 0 Å². The van der Waals surface area contributed by atoms with Gasteiger partial charge in [-0.2, -0.15) is 5.10 Å². The number of hydrogen-bond donors (Lipinski definition) is 1. The van der Waals surface area contributed by atoms with E-state index in [0.29, 0.717) is 0 Å². The lowest BCUT2D eigenvalue weighted by atomic mass is 10.4. The molecular formula is C10H12N4S. The topological polar surface area (TPSA) is 50.7 Å². The Morgan fingerprint density at radius 1 is 1.47 bits per heavy atom. The minimum Gasteiger partial charge on any atom is -0.368 e. The third-order valence-electron chi connectivity index (χ3n) is 1.88. The molecule has 0 saturated heterocycles. The van der Waals surface area contributed by atoms with E-state index in [1.54, 1.807) is 17.5 Å². The fourth-order valence-corrected chi connectivity index (χ4v) is 1.99. The van der Waals surface area contributed by atoms with Crippen LogP contribution in [0.25, 0.3) is 0 Å². The normalized spacial score (nSPS) is 10.2. The maximum absolute atomic E-state index is 4.38. The Labute approximate surface area is 92.4 Å². The van der Waals surface area contributed by atoms with Gasteiger partial charge in [-0.15, -0.1) is 16.4 Å². The van der Waals surface area contributed by atoms with Gasteiger partial charge >= 0.3 is 0 Å². The molecule has 0 spiro atoms. The molecule has 0 radical (unpaired) electrons. The quantitative estimate of drug-likeness (QED) is 0.855. The highest BCUT2D eigenvalue weighted by Gasteiger charge is 1.98. The van der Waals surface area contributed by atoms with Crippen LogP contribution in [0.1, 0.15) is 10.7 Å². The average molecular weight is 220 g/mol. The van der Waals surface area contributed by atoms with E-state index >= 15 is 0 Å². The number of nitrogens with one attached hydrogen (secondary N) is 1. The van der Waals surface area contributed by atoms with Crippen molar-refractivity contribution >= 4 is 17.2 Å². The molecule has 5 heteroatoms. The van der Waals surface area contributed by atoms with Gasteiger partial charge in [0.05, 0.1) is 5.01 Å². The first-order valence-corrected chi connectivity index (χ1v) is 5.65. The molecule has 0 saturated carbocycles. The Bertz CT molecular complexity index is 412. The van der Waals surface area contributed by atoms with Gasteiger partial charge < -0.3 is 5.32 Å². The number of aromatic nitrogens is 3. The predicted molar refractivity (Wildman–Crippen MR) is 61.1 cm³/mol. The van der Waals surface area contributed by atoms with E-state index < -0.39 is 0 Å². The van der Waals surface area contributed by atoms with Crippen molar-refractivity contribution in [1.82, 2.24) is 15.2 Å². The van der Waals surface area contributed by atoms with Gasteiger partial charge in [-0.1, -0.05) is 0 Å². The van der Waals surface area contributed by atoms with Crippen LogP contribution in [-0.2, 0) is 6.42 Å². The monoisotopic (exact) mass is 220 g/mol. The van der Waals surface area contributed by atoms with E-state index in [4.69, 9.17) is 0 Å². The smallest absolute Gasteiger partial charge is 0.148 e. The number of nitrogens with zero attached hydrogens (tertiary/aromatic N) is 3. The Balaban J connectivity index is 1.80. The summed E-state index contributed by atoms with van der Waals surface area (Å²) < 4.78 is 0. The van der Waals surface area contributed by atoms with Crippen molar-refractivity contribution in [1.29, 1.82) is 0 Å². The molecule has 0 amide bonds. The lowest BCUT2D eigenvalue weighted by Crippen LogP contribution is -2.06. The molecule has 0 bridgehead atoms. The van der Waals surface area contributed by atoms with Crippen LogP contribution >= 0.6 is 11.3 Å². The van der Waals surface area contributed by atoms with Gasteiger partial charge in [0.15, 0.2) is 0 Å². The van der Waals surface area contributed by atoms with Crippen LogP contribution in [0.2, 0.25) is 0 Å². The van der Waals surface area contributed by atoms with Gasteiger partial charge in [0.1, 0.15) is 5.82 Å². The molecule has 0 aromatic carbocycles. The zero-order chi connectivity index (χ0) is 10.5. The van der Waals surface area contributed by atoms with Gasteiger partial charge in [-0.05, 0) is 19.1 Å². The summed E-state index contributed by atoms with van der Waals surface area (Å²) in [7, 11) is 0. The molecule has 0 atom stereocenters. The van der Waals surface area contributed by atoms with Crippen LogP contribution in [-0.4, -0.2) is 21.7 Å². The zero-order valence-electron chi connectivity index (χ0n) is 8.47. The maximum Gasteiger partial charge on any atom is 0.148 e. The lowest BCUT2D eigenvalue weighted by molar-refractivity contribution is 0.952. The molecule has 0 fully saturated rings. The fourth-order valence-electron chi connectivity index (χ4n) is 1.21. The first-order chi connectivity index (χ1) is 7.34. The number of thiazole rings is 1. The minimum atomic E-state index is 0.811. The summed E-state index contributed by atoms with van der Waals surface area (Å²) in [5, 5.41) is 14.1. The molecule has 0 aliphatic heterocycles. The highest BCUT2D eigenvalue weighted by Crippen LogP contribution is 2.09. The van der Waals surface area contributed by atoms with Gasteiger partial charge in [-0.25, -0.2) is 4.98 Å². The van der Waals surface area contributed by atoms with Crippen molar-refractivity contribution in [3.05, 3.63) is 34.4 Å². The van der Waals surface area contributed by atoms with Gasteiger partial charge in [0, 0.05) is 30.2 Å². The van der Waals surface area contributed by atoms with Crippen molar-refractivity contribution in [2.75, 3.05) is 11.9 Å². The van der Waals surface area contributed by atoms with Crippen LogP contribution in [0.3, 0.4) is 0 Å². The third kappa shape index (κ3) is 2.99. The summed E-state index contributed by atoms with van der Waals surface area (Å²) in [6.07, 6.45) is 2.59. The van der Waals surface area contributed by atoms with Crippen molar-refractivity contribution < 1.29 is 0 Å². The fraction of sp³-hybridized carbons (Fsp3) is 0.300. The standard InChI is InChI=1S/C10H12N4S/c1-8-7-15-10(13-8)4-6-11-9-3-2-5-12-14-9/h2-3,5,7H,4,6H2,1H3,(H,11,14). The summed E-state index contributed by atoms with van der Waals surface area (Å²) in [5.41, 5.74) is 1.09. The zero-order valence-corrected chi connectivity index (χ0v) is 9.29. The molecule has 0 aliphatic carbocycles. The second-order valence-corrected chi connectivity index (χ2v) is 4.11. The predicted octanol–water partition coefficient (Wildman–Crippen LogP) is 1.90. The van der Waals surface area contributed by atoms with Crippen molar-refractivity contribution in [2.24, 2.45) is 0 Å². The summed E-state index contributed by atoms with van der Waals surface area (Å²) in [6.45, 7) is 2.85. The molecule has 2 aromatic rings. The average Bonchev–Trinajstić information content (AvgIpc) is 2.66. The van der Waals surface area contributed by atoms with E-state index in [2.05, 4.69) is 25.9 Å². The molecule has 15 heavy (non-hydrogen) atoms. The molecule has 0 aliphatic rings. The van der Waals surface area contributed by atoms with Gasteiger partial charge in [-0.3, -0.25) is 0 Å². The second-order valence-electron chi connectivity index (χ2n) is 3.17. The first-order valence-electron chi connectivity index (χ1n) is 4.77. The van der Waals surface area contributed by atoms with Crippen molar-refractivity contribution in [2.45, 2.75) is 13.3 Å². The summed E-state index contributed by atoms with van der Waals surface area (Å²) in [6, 6.07) is 3.77. The lowest BCUT2D eigenvalue weighted by Gasteiger charge is -2.01. The highest BCUT2D eigenvalue weighted by molar-refractivity contribution is 7.09. The summed E-state index contributed by atoms with van der Waals surface area (Å²) in [5.74, 6) is 0.811. The number of hydrogen-bond acceptors (Lipinski definition) is 5. The minimum absolute atomic E-state index is 0.811. The van der Waals surface area contributed by atoms with E-state index in [1.165, 1.54) is 0 Å². The molecule has 2 rings (SSSR count). The SMILES string of the molecule is Cc1csc(CCNc2cccnn2)n1. The third-order valence-corrected chi connectivity index (χ3v) is 2.91. The summed E-state index contributed by atoms with van der Waals surface area (Å²) >= 11 is 1.70. The Hall–Kier alpha value is -1.49. The van der Waals surface area contributed by atoms with Crippen LogP contribution in [0.15, 0.2) is 23.7 Å². The Morgan fingerprint density at radius 3 is 3.07 bits per heavy atom. The molecule has 2 heterocycles. The van der Waals surface area contributed by atoms with Crippen LogP contribution < -0.4 is 5.32 Å². The van der Waals surface area contributed by atoms with Crippen LogP contribution in [0.4, 0.5) is 5.82 Å². The Kier molecular flexibility index (Phi) is 3.24. The van der Waals surface area contributed by atoms with Crippen molar-refractivity contribution in [3.63, 3.8) is 0 Å². The van der Waals surface area contributed by atoms with E-state index in [-0.39, 0.29) is 0 Å². The molecule has 4 nitrogen and oxygen atoms in total. The van der Waals surface area contributed by atoms with E-state index in [1.807, 2.05) is 19.1 Å². The number of anilines is 1. The van der Waals surface area contributed by atoms with Crippen LogP contribution in [0, 0.1) is 6.92 Å². The summed E-state index contributed by atoms with van der Waals surface area (Å²) in [4.78, 5) is 4.38. The first kappa shape index (κ1) is 10.0. The number of aryl methyl sites for hydroxylation is 1. The largest absolute Gasteiger partial charge is 0.368 e. The molecule has 0 unspecified atom stereocenters. The molecule has 2 aromatic heterocycles. The number of rotatable bonds is 4.